The van der Waals surface area contributed by atoms with Crippen LogP contribution in [-0.4, -0.2) is 25.8 Å². The Morgan fingerprint density at radius 1 is 1.21 bits per heavy atom. The SMILES string of the molecule is O=C(CCc1nc(-c2cccs2)no1)Nc1ccnn1Cc1ccc(Br)cc1. The molecule has 0 bridgehead atoms. The average molecular weight is 458 g/mol. The number of hydrogen-bond acceptors (Lipinski definition) is 6. The summed E-state index contributed by atoms with van der Waals surface area (Å²) in [6, 6.07) is 13.6. The Bertz CT molecular complexity index is 1060. The van der Waals surface area contributed by atoms with Crippen molar-refractivity contribution >= 4 is 39.0 Å². The molecular weight excluding hydrogens is 442 g/mol. The van der Waals surface area contributed by atoms with Crippen molar-refractivity contribution in [2.45, 2.75) is 19.4 Å². The van der Waals surface area contributed by atoms with Gasteiger partial charge in [-0.2, -0.15) is 10.1 Å². The molecule has 0 spiro atoms. The Morgan fingerprint density at radius 2 is 2.07 bits per heavy atom. The molecule has 9 heteroatoms. The summed E-state index contributed by atoms with van der Waals surface area (Å²) >= 11 is 4.97. The molecule has 4 aromatic rings. The maximum Gasteiger partial charge on any atom is 0.227 e. The maximum absolute atomic E-state index is 12.3. The molecule has 0 saturated carbocycles. The van der Waals surface area contributed by atoms with E-state index in [0.29, 0.717) is 30.5 Å². The first-order valence-corrected chi connectivity index (χ1v) is 10.3. The summed E-state index contributed by atoms with van der Waals surface area (Å²) in [6.45, 7) is 0.573. The lowest BCUT2D eigenvalue weighted by atomic mass is 10.2. The zero-order chi connectivity index (χ0) is 19.3. The molecule has 3 aromatic heterocycles. The maximum atomic E-state index is 12.3. The van der Waals surface area contributed by atoms with Gasteiger partial charge in [0.2, 0.25) is 17.6 Å². The Kier molecular flexibility index (Phi) is 5.63. The molecule has 0 saturated heterocycles. The Labute approximate surface area is 173 Å². The molecule has 0 radical (unpaired) electrons. The van der Waals surface area contributed by atoms with Gasteiger partial charge in [-0.05, 0) is 29.1 Å². The number of halogens is 1. The van der Waals surface area contributed by atoms with Gasteiger partial charge in [-0.25, -0.2) is 4.68 Å². The number of benzene rings is 1. The smallest absolute Gasteiger partial charge is 0.227 e. The normalized spacial score (nSPS) is 10.9. The molecule has 3 heterocycles. The third-order valence-electron chi connectivity index (χ3n) is 4.01. The largest absolute Gasteiger partial charge is 0.339 e. The summed E-state index contributed by atoms with van der Waals surface area (Å²) in [5.74, 6) is 1.52. The van der Waals surface area contributed by atoms with E-state index in [1.807, 2.05) is 41.8 Å². The van der Waals surface area contributed by atoms with Crippen LogP contribution >= 0.6 is 27.3 Å². The minimum atomic E-state index is -0.131. The van der Waals surface area contributed by atoms with Gasteiger partial charge in [-0.3, -0.25) is 4.79 Å². The molecule has 1 N–H and O–H groups in total. The van der Waals surface area contributed by atoms with Crippen LogP contribution in [-0.2, 0) is 17.8 Å². The third-order valence-corrected chi connectivity index (χ3v) is 5.40. The van der Waals surface area contributed by atoms with Crippen LogP contribution < -0.4 is 5.32 Å². The van der Waals surface area contributed by atoms with Crippen LogP contribution in [0.2, 0.25) is 0 Å². The second-order valence-electron chi connectivity index (χ2n) is 6.04. The first-order chi connectivity index (χ1) is 13.7. The van der Waals surface area contributed by atoms with Gasteiger partial charge < -0.3 is 9.84 Å². The molecule has 0 aliphatic carbocycles. The molecule has 28 heavy (non-hydrogen) atoms. The van der Waals surface area contributed by atoms with Crippen LogP contribution in [0.3, 0.4) is 0 Å². The molecule has 1 aromatic carbocycles. The molecule has 7 nitrogen and oxygen atoms in total. The number of nitrogens with one attached hydrogen (secondary N) is 1. The number of aryl methyl sites for hydroxylation is 1. The van der Waals surface area contributed by atoms with E-state index in [-0.39, 0.29) is 12.3 Å². The van der Waals surface area contributed by atoms with Crippen LogP contribution in [0.5, 0.6) is 0 Å². The first-order valence-electron chi connectivity index (χ1n) is 8.60. The fraction of sp³-hybridized carbons (Fsp3) is 0.158. The number of hydrogen-bond donors (Lipinski definition) is 1. The summed E-state index contributed by atoms with van der Waals surface area (Å²) in [6.07, 6.45) is 2.29. The second-order valence-corrected chi connectivity index (χ2v) is 7.90. The summed E-state index contributed by atoms with van der Waals surface area (Å²) in [4.78, 5) is 17.6. The number of amides is 1. The Morgan fingerprint density at radius 3 is 2.86 bits per heavy atom. The van der Waals surface area contributed by atoms with E-state index in [9.17, 15) is 4.79 Å². The van der Waals surface area contributed by atoms with Crippen LogP contribution in [0.15, 0.2) is 63.0 Å². The highest BCUT2D eigenvalue weighted by molar-refractivity contribution is 9.10. The minimum absolute atomic E-state index is 0.131. The molecular formula is C19H16BrN5O2S. The van der Waals surface area contributed by atoms with Crippen molar-refractivity contribution in [3.63, 3.8) is 0 Å². The molecule has 0 atom stereocenters. The standard InChI is InChI=1S/C19H16BrN5O2S/c20-14-5-3-13(4-6-14)12-25-16(9-10-21-25)22-17(26)7-8-18-23-19(24-27-18)15-2-1-11-28-15/h1-6,9-11H,7-8,12H2,(H,22,26). The number of nitrogens with zero attached hydrogens (tertiary/aromatic N) is 4. The molecule has 0 aliphatic rings. The molecule has 4 rings (SSSR count). The van der Waals surface area contributed by atoms with Crippen LogP contribution in [0, 0.1) is 0 Å². The van der Waals surface area contributed by atoms with Gasteiger partial charge in [0, 0.05) is 23.4 Å². The summed E-state index contributed by atoms with van der Waals surface area (Å²) in [5, 5.41) is 13.1. The molecule has 0 unspecified atom stereocenters. The van der Waals surface area contributed by atoms with Crippen molar-refractivity contribution < 1.29 is 9.32 Å². The highest BCUT2D eigenvalue weighted by Gasteiger charge is 2.13. The van der Waals surface area contributed by atoms with E-state index in [0.717, 1.165) is 14.9 Å². The van der Waals surface area contributed by atoms with Gasteiger partial charge in [0.1, 0.15) is 5.82 Å². The number of rotatable bonds is 7. The van der Waals surface area contributed by atoms with Crippen molar-refractivity contribution in [1.82, 2.24) is 19.9 Å². The highest BCUT2D eigenvalue weighted by Crippen LogP contribution is 2.21. The number of thiophene rings is 1. The number of aromatic nitrogens is 4. The van der Waals surface area contributed by atoms with Gasteiger partial charge in [0.25, 0.3) is 0 Å². The Hall–Kier alpha value is -2.78. The van der Waals surface area contributed by atoms with Gasteiger partial charge in [-0.1, -0.05) is 39.3 Å². The summed E-state index contributed by atoms with van der Waals surface area (Å²) < 4.78 is 8.01. The van der Waals surface area contributed by atoms with E-state index in [1.54, 1.807) is 28.3 Å². The lowest BCUT2D eigenvalue weighted by molar-refractivity contribution is -0.116. The monoisotopic (exact) mass is 457 g/mol. The van der Waals surface area contributed by atoms with E-state index in [1.165, 1.54) is 0 Å². The van der Waals surface area contributed by atoms with Crippen molar-refractivity contribution in [2.75, 3.05) is 5.32 Å². The number of carbonyl (C=O) groups is 1. The fourth-order valence-electron chi connectivity index (χ4n) is 2.62. The predicted octanol–water partition coefficient (Wildman–Crippen LogP) is 4.38. The topological polar surface area (TPSA) is 85.8 Å². The highest BCUT2D eigenvalue weighted by atomic mass is 79.9. The van der Waals surface area contributed by atoms with Crippen molar-refractivity contribution in [3.05, 3.63) is 70.0 Å². The van der Waals surface area contributed by atoms with Crippen LogP contribution in [0.1, 0.15) is 17.9 Å². The van der Waals surface area contributed by atoms with Crippen molar-refractivity contribution in [3.8, 4) is 10.7 Å². The molecule has 142 valence electrons. The first kappa shape index (κ1) is 18.6. The van der Waals surface area contributed by atoms with Crippen molar-refractivity contribution in [1.29, 1.82) is 0 Å². The quantitative estimate of drug-likeness (QED) is 0.444. The van der Waals surface area contributed by atoms with Crippen LogP contribution in [0.4, 0.5) is 5.82 Å². The lowest BCUT2D eigenvalue weighted by Gasteiger charge is -2.09. The molecule has 0 fully saturated rings. The van der Waals surface area contributed by atoms with Gasteiger partial charge >= 0.3 is 0 Å². The van der Waals surface area contributed by atoms with E-state index in [2.05, 4.69) is 36.5 Å². The lowest BCUT2D eigenvalue weighted by Crippen LogP contribution is -2.16. The van der Waals surface area contributed by atoms with Gasteiger partial charge in [-0.15, -0.1) is 11.3 Å². The number of anilines is 1. The molecule has 1 amide bonds. The molecule has 0 aliphatic heterocycles. The van der Waals surface area contributed by atoms with E-state index < -0.39 is 0 Å². The van der Waals surface area contributed by atoms with Gasteiger partial charge in [0.05, 0.1) is 17.6 Å². The van der Waals surface area contributed by atoms with Crippen molar-refractivity contribution in [2.24, 2.45) is 0 Å². The summed E-state index contributed by atoms with van der Waals surface area (Å²) in [5.41, 5.74) is 1.09. The zero-order valence-electron chi connectivity index (χ0n) is 14.7. The van der Waals surface area contributed by atoms with E-state index in [4.69, 9.17) is 4.52 Å². The van der Waals surface area contributed by atoms with E-state index >= 15 is 0 Å². The average Bonchev–Trinajstić information content (AvgIpc) is 3.44. The zero-order valence-corrected chi connectivity index (χ0v) is 17.1. The predicted molar refractivity (Wildman–Crippen MR) is 110 cm³/mol. The van der Waals surface area contributed by atoms with Crippen LogP contribution in [0.25, 0.3) is 10.7 Å². The van der Waals surface area contributed by atoms with Gasteiger partial charge in [0.15, 0.2) is 0 Å². The minimum Gasteiger partial charge on any atom is -0.339 e. The summed E-state index contributed by atoms with van der Waals surface area (Å²) in [7, 11) is 0. The third kappa shape index (κ3) is 4.55. The number of carbonyl (C=O) groups excluding carboxylic acids is 1. The fourth-order valence-corrected chi connectivity index (χ4v) is 3.53. The second kappa shape index (κ2) is 8.49. The Balaban J connectivity index is 1.33.